The van der Waals surface area contributed by atoms with Gasteiger partial charge in [-0.2, -0.15) is 0 Å². The van der Waals surface area contributed by atoms with E-state index in [1.807, 2.05) is 45.0 Å². The molecule has 3 rings (SSSR count). The van der Waals surface area contributed by atoms with Crippen LogP contribution in [0.2, 0.25) is 0 Å². The maximum Gasteiger partial charge on any atom is 0.289 e. The van der Waals surface area contributed by atoms with Gasteiger partial charge in [-0.1, -0.05) is 36.0 Å². The van der Waals surface area contributed by atoms with E-state index in [0.29, 0.717) is 12.1 Å². The number of carbonyl (C=O) groups excluding carboxylic acids is 3. The number of imide groups is 1. The fourth-order valence-corrected chi connectivity index (χ4v) is 3.83. The highest BCUT2D eigenvalue weighted by molar-refractivity contribution is 8.14. The van der Waals surface area contributed by atoms with Crippen LogP contribution in [-0.4, -0.2) is 34.3 Å². The first-order chi connectivity index (χ1) is 12.9. The molecule has 1 heterocycles. The van der Waals surface area contributed by atoms with E-state index in [-0.39, 0.29) is 29.4 Å². The van der Waals surface area contributed by atoms with Crippen LogP contribution in [0, 0.1) is 13.8 Å². The normalized spacial score (nSPS) is 14.0. The molecule has 27 heavy (non-hydrogen) atoms. The molecular weight excluding hydrogens is 360 g/mol. The van der Waals surface area contributed by atoms with Gasteiger partial charge in [0.1, 0.15) is 0 Å². The number of hydrogen-bond donors (Lipinski definition) is 0. The zero-order valence-electron chi connectivity index (χ0n) is 15.7. The number of aryl methyl sites for hydroxylation is 2. The van der Waals surface area contributed by atoms with Gasteiger partial charge < -0.3 is 4.90 Å². The molecule has 0 unspecified atom stereocenters. The SMILES string of the molecule is CCN(C(=O)c1cccc(CN2C(=O)CSC2=O)c1)c1cc(C)ccc1C. The van der Waals surface area contributed by atoms with Crippen molar-refractivity contribution in [1.82, 2.24) is 4.90 Å². The Labute approximate surface area is 163 Å². The van der Waals surface area contributed by atoms with Crippen molar-refractivity contribution in [2.24, 2.45) is 0 Å². The van der Waals surface area contributed by atoms with Gasteiger partial charge in [-0.05, 0) is 55.7 Å². The van der Waals surface area contributed by atoms with E-state index in [2.05, 4.69) is 0 Å². The zero-order chi connectivity index (χ0) is 19.6. The third kappa shape index (κ3) is 4.06. The number of hydrogen-bond acceptors (Lipinski definition) is 4. The average molecular weight is 382 g/mol. The van der Waals surface area contributed by atoms with E-state index in [4.69, 9.17) is 0 Å². The summed E-state index contributed by atoms with van der Waals surface area (Å²) in [6.07, 6.45) is 0. The van der Waals surface area contributed by atoms with Crippen LogP contribution in [-0.2, 0) is 11.3 Å². The maximum atomic E-state index is 13.1. The molecule has 5 nitrogen and oxygen atoms in total. The van der Waals surface area contributed by atoms with Crippen molar-refractivity contribution in [2.45, 2.75) is 27.3 Å². The second kappa shape index (κ2) is 7.96. The van der Waals surface area contributed by atoms with Gasteiger partial charge in [-0.25, -0.2) is 0 Å². The number of carbonyl (C=O) groups is 3. The summed E-state index contributed by atoms with van der Waals surface area (Å²) < 4.78 is 0. The lowest BCUT2D eigenvalue weighted by molar-refractivity contribution is -0.125. The Bertz CT molecular complexity index is 894. The molecule has 0 spiro atoms. The zero-order valence-corrected chi connectivity index (χ0v) is 16.5. The van der Waals surface area contributed by atoms with E-state index in [1.54, 1.807) is 23.1 Å². The number of benzene rings is 2. The summed E-state index contributed by atoms with van der Waals surface area (Å²) in [6.45, 7) is 6.68. The predicted octanol–water partition coefficient (Wildman–Crippen LogP) is 4.17. The first kappa shape index (κ1) is 19.2. The van der Waals surface area contributed by atoms with E-state index in [1.165, 1.54) is 4.90 Å². The summed E-state index contributed by atoms with van der Waals surface area (Å²) >= 11 is 1.01. The van der Waals surface area contributed by atoms with Gasteiger partial charge in [0.25, 0.3) is 11.1 Å². The summed E-state index contributed by atoms with van der Waals surface area (Å²) in [7, 11) is 0. The van der Waals surface area contributed by atoms with Crippen molar-refractivity contribution in [3.63, 3.8) is 0 Å². The predicted molar refractivity (Wildman–Crippen MR) is 108 cm³/mol. The molecule has 6 heteroatoms. The van der Waals surface area contributed by atoms with Crippen LogP contribution < -0.4 is 4.90 Å². The number of thioether (sulfide) groups is 1. The van der Waals surface area contributed by atoms with Crippen LogP contribution >= 0.6 is 11.8 Å². The van der Waals surface area contributed by atoms with Gasteiger partial charge in [-0.3, -0.25) is 19.3 Å². The molecule has 0 atom stereocenters. The molecule has 140 valence electrons. The smallest absolute Gasteiger partial charge is 0.289 e. The second-order valence-corrected chi connectivity index (χ2v) is 7.50. The highest BCUT2D eigenvalue weighted by Crippen LogP contribution is 2.25. The highest BCUT2D eigenvalue weighted by Gasteiger charge is 2.30. The van der Waals surface area contributed by atoms with E-state index >= 15 is 0 Å². The van der Waals surface area contributed by atoms with Crippen LogP contribution in [0.5, 0.6) is 0 Å². The Morgan fingerprint density at radius 1 is 1.15 bits per heavy atom. The minimum Gasteiger partial charge on any atom is -0.308 e. The molecule has 2 aromatic carbocycles. The van der Waals surface area contributed by atoms with Gasteiger partial charge in [0.2, 0.25) is 5.91 Å². The van der Waals surface area contributed by atoms with Crippen molar-refractivity contribution in [3.8, 4) is 0 Å². The van der Waals surface area contributed by atoms with Crippen molar-refractivity contribution in [2.75, 3.05) is 17.2 Å². The third-order valence-electron chi connectivity index (χ3n) is 4.57. The Hall–Kier alpha value is -2.60. The Balaban J connectivity index is 1.87. The van der Waals surface area contributed by atoms with Crippen LogP contribution in [0.1, 0.15) is 34.0 Å². The molecule has 1 fully saturated rings. The molecule has 2 aromatic rings. The monoisotopic (exact) mass is 382 g/mol. The topological polar surface area (TPSA) is 57.7 Å². The number of anilines is 1. The maximum absolute atomic E-state index is 13.1. The molecule has 3 amide bonds. The molecule has 0 saturated carbocycles. The summed E-state index contributed by atoms with van der Waals surface area (Å²) in [6, 6.07) is 13.2. The molecule has 0 aliphatic carbocycles. The van der Waals surface area contributed by atoms with Crippen molar-refractivity contribution in [3.05, 3.63) is 64.7 Å². The first-order valence-corrected chi connectivity index (χ1v) is 9.84. The number of rotatable bonds is 5. The van der Waals surface area contributed by atoms with E-state index < -0.39 is 0 Å². The van der Waals surface area contributed by atoms with Crippen molar-refractivity contribution < 1.29 is 14.4 Å². The fourth-order valence-electron chi connectivity index (χ4n) is 3.11. The van der Waals surface area contributed by atoms with E-state index in [0.717, 1.165) is 34.1 Å². The first-order valence-electron chi connectivity index (χ1n) is 8.86. The third-order valence-corrected chi connectivity index (χ3v) is 5.43. The summed E-state index contributed by atoms with van der Waals surface area (Å²) in [5.41, 5.74) is 4.34. The van der Waals surface area contributed by atoms with Gasteiger partial charge in [-0.15, -0.1) is 0 Å². The quantitative estimate of drug-likeness (QED) is 0.779. The second-order valence-electron chi connectivity index (χ2n) is 6.57. The molecule has 1 aliphatic rings. The molecule has 1 saturated heterocycles. The van der Waals surface area contributed by atoms with E-state index in [9.17, 15) is 14.4 Å². The Morgan fingerprint density at radius 3 is 2.59 bits per heavy atom. The minimum absolute atomic E-state index is 0.0958. The molecule has 0 N–H and O–H groups in total. The summed E-state index contributed by atoms with van der Waals surface area (Å²) in [5.74, 6) is -0.0953. The number of nitrogens with zero attached hydrogens (tertiary/aromatic N) is 2. The van der Waals surface area contributed by atoms with Crippen LogP contribution in [0.4, 0.5) is 10.5 Å². The van der Waals surface area contributed by atoms with Gasteiger partial charge in [0.05, 0.1) is 12.3 Å². The highest BCUT2D eigenvalue weighted by atomic mass is 32.2. The standard InChI is InChI=1S/C21H22N2O3S/c1-4-22(18-10-14(2)8-9-15(18)3)20(25)17-7-5-6-16(11-17)12-23-19(24)13-27-21(23)26/h5-11H,4,12-13H2,1-3H3. The lowest BCUT2D eigenvalue weighted by Crippen LogP contribution is -2.31. The lowest BCUT2D eigenvalue weighted by Gasteiger charge is -2.24. The van der Waals surface area contributed by atoms with Crippen LogP contribution in [0.25, 0.3) is 0 Å². The Morgan fingerprint density at radius 2 is 1.93 bits per heavy atom. The molecule has 0 radical (unpaired) electrons. The average Bonchev–Trinajstić information content (AvgIpc) is 2.97. The van der Waals surface area contributed by atoms with Crippen molar-refractivity contribution >= 4 is 34.5 Å². The fraction of sp³-hybridized carbons (Fsp3) is 0.286. The van der Waals surface area contributed by atoms with Gasteiger partial charge >= 0.3 is 0 Å². The summed E-state index contributed by atoms with van der Waals surface area (Å²) in [5, 5.41) is -0.234. The molecule has 0 aromatic heterocycles. The van der Waals surface area contributed by atoms with Crippen LogP contribution in [0.3, 0.4) is 0 Å². The molecular formula is C21H22N2O3S. The summed E-state index contributed by atoms with van der Waals surface area (Å²) in [4.78, 5) is 39.8. The minimum atomic E-state index is -0.234. The largest absolute Gasteiger partial charge is 0.308 e. The number of amides is 3. The molecule has 0 bridgehead atoms. The van der Waals surface area contributed by atoms with Crippen molar-refractivity contribution in [1.29, 1.82) is 0 Å². The molecule has 1 aliphatic heterocycles. The lowest BCUT2D eigenvalue weighted by atomic mass is 10.1. The Kier molecular flexibility index (Phi) is 5.65. The van der Waals surface area contributed by atoms with Crippen LogP contribution in [0.15, 0.2) is 42.5 Å². The van der Waals surface area contributed by atoms with Gasteiger partial charge in [0.15, 0.2) is 0 Å². The van der Waals surface area contributed by atoms with Gasteiger partial charge in [0, 0.05) is 17.8 Å².